The minimum absolute atomic E-state index is 0.0878. The zero-order chi connectivity index (χ0) is 15.5. The molecule has 0 aliphatic heterocycles. The van der Waals surface area contributed by atoms with Crippen LogP contribution in [0.5, 0.6) is 0 Å². The number of rotatable bonds is 5. The van der Waals surface area contributed by atoms with Crippen LogP contribution >= 0.6 is 0 Å². The fraction of sp³-hybridized carbons (Fsp3) is 0.538. The van der Waals surface area contributed by atoms with Gasteiger partial charge in [-0.15, -0.1) is 5.10 Å². The van der Waals surface area contributed by atoms with Crippen molar-refractivity contribution in [3.63, 3.8) is 0 Å². The second-order valence-electron chi connectivity index (χ2n) is 6.12. The van der Waals surface area contributed by atoms with Crippen LogP contribution in [0.1, 0.15) is 27.2 Å². The summed E-state index contributed by atoms with van der Waals surface area (Å²) in [5.74, 6) is -0.911. The normalized spacial score (nSPS) is 13.1. The molecule has 0 bridgehead atoms. The lowest BCUT2D eigenvalue weighted by atomic mass is 9.84. The molecule has 1 atom stereocenters. The van der Waals surface area contributed by atoms with Gasteiger partial charge in [-0.3, -0.25) is 4.79 Å². The molecule has 2 rings (SSSR count). The Labute approximate surface area is 122 Å². The molecular formula is C13H18N6O2. The number of carboxylic acid groups (broad SMARTS) is 1. The van der Waals surface area contributed by atoms with Gasteiger partial charge in [0.05, 0.1) is 24.9 Å². The number of hydrogen-bond acceptors (Lipinski definition) is 6. The van der Waals surface area contributed by atoms with E-state index in [9.17, 15) is 9.90 Å². The molecule has 0 amide bonds. The molecule has 0 aliphatic carbocycles. The van der Waals surface area contributed by atoms with Crippen molar-refractivity contribution >= 4 is 5.97 Å². The Hall–Kier alpha value is -2.38. The summed E-state index contributed by atoms with van der Waals surface area (Å²) in [5, 5.41) is 28.3. The number of carboxylic acids is 1. The van der Waals surface area contributed by atoms with Crippen molar-refractivity contribution in [3.8, 4) is 11.4 Å². The Morgan fingerprint density at radius 2 is 2.14 bits per heavy atom. The van der Waals surface area contributed by atoms with E-state index in [2.05, 4.69) is 25.7 Å². The fourth-order valence-corrected chi connectivity index (χ4v) is 2.14. The number of tetrazole rings is 1. The van der Waals surface area contributed by atoms with Gasteiger partial charge in [0.1, 0.15) is 0 Å². The van der Waals surface area contributed by atoms with Gasteiger partial charge in [-0.25, -0.2) is 4.68 Å². The van der Waals surface area contributed by atoms with Crippen LogP contribution in [0.15, 0.2) is 18.5 Å². The average molecular weight is 290 g/mol. The monoisotopic (exact) mass is 290 g/mol. The smallest absolute Gasteiger partial charge is 0.308 e. The van der Waals surface area contributed by atoms with Crippen molar-refractivity contribution in [1.82, 2.24) is 30.4 Å². The predicted molar refractivity (Wildman–Crippen MR) is 74.0 cm³/mol. The maximum atomic E-state index is 11.4. The molecule has 0 aromatic carbocycles. The summed E-state index contributed by atoms with van der Waals surface area (Å²) in [6.45, 7) is 6.25. The molecule has 21 heavy (non-hydrogen) atoms. The van der Waals surface area contributed by atoms with Gasteiger partial charge in [-0.1, -0.05) is 20.8 Å². The van der Waals surface area contributed by atoms with Crippen LogP contribution in [-0.2, 0) is 11.3 Å². The quantitative estimate of drug-likeness (QED) is 0.883. The predicted octanol–water partition coefficient (Wildman–Crippen LogP) is 1.27. The van der Waals surface area contributed by atoms with E-state index in [-0.39, 0.29) is 12.0 Å². The summed E-state index contributed by atoms with van der Waals surface area (Å²) in [7, 11) is 0. The fourth-order valence-electron chi connectivity index (χ4n) is 2.14. The van der Waals surface area contributed by atoms with Gasteiger partial charge in [-0.05, 0) is 28.3 Å². The summed E-state index contributed by atoms with van der Waals surface area (Å²) < 4.78 is 1.50. The molecule has 2 aromatic rings. The third-order valence-corrected chi connectivity index (χ3v) is 2.98. The average Bonchev–Trinajstić information content (AvgIpc) is 2.85. The molecule has 0 radical (unpaired) electrons. The maximum Gasteiger partial charge on any atom is 0.308 e. The van der Waals surface area contributed by atoms with E-state index in [0.29, 0.717) is 17.8 Å². The zero-order valence-electron chi connectivity index (χ0n) is 12.3. The van der Waals surface area contributed by atoms with Crippen molar-refractivity contribution in [2.24, 2.45) is 11.3 Å². The standard InChI is InChI=1S/C13H18N6O2/c1-13(2,3)6-10(12(20)21)8-19-11(16-17-18-19)9-4-5-14-15-7-9/h4-5,7,10H,6,8H2,1-3H3,(H,20,21). The van der Waals surface area contributed by atoms with E-state index in [1.165, 1.54) is 10.9 Å². The number of nitrogens with zero attached hydrogens (tertiary/aromatic N) is 6. The van der Waals surface area contributed by atoms with Crippen LogP contribution in [0, 0.1) is 11.3 Å². The molecule has 0 fully saturated rings. The number of carbonyl (C=O) groups is 1. The highest BCUT2D eigenvalue weighted by Crippen LogP contribution is 2.26. The summed E-state index contributed by atoms with van der Waals surface area (Å²) in [6.07, 6.45) is 3.62. The Balaban J connectivity index is 2.23. The minimum Gasteiger partial charge on any atom is -0.481 e. The number of aromatic nitrogens is 6. The van der Waals surface area contributed by atoms with E-state index < -0.39 is 11.9 Å². The molecule has 112 valence electrons. The van der Waals surface area contributed by atoms with Crippen molar-refractivity contribution in [2.45, 2.75) is 33.7 Å². The molecule has 8 nitrogen and oxygen atoms in total. The van der Waals surface area contributed by atoms with Gasteiger partial charge in [0.25, 0.3) is 0 Å². The van der Waals surface area contributed by atoms with E-state index in [0.717, 1.165) is 0 Å². The summed E-state index contributed by atoms with van der Waals surface area (Å²) in [4.78, 5) is 11.4. The third-order valence-electron chi connectivity index (χ3n) is 2.98. The SMILES string of the molecule is CC(C)(C)CC(Cn1nnnc1-c1ccnnc1)C(=O)O. The summed E-state index contributed by atoms with van der Waals surface area (Å²) in [6, 6.07) is 1.73. The molecular weight excluding hydrogens is 272 g/mol. The first-order chi connectivity index (χ1) is 9.87. The molecule has 1 unspecified atom stereocenters. The first-order valence-electron chi connectivity index (χ1n) is 6.63. The van der Waals surface area contributed by atoms with Gasteiger partial charge in [0, 0.05) is 5.56 Å². The highest BCUT2D eigenvalue weighted by Gasteiger charge is 2.26. The van der Waals surface area contributed by atoms with Crippen molar-refractivity contribution in [3.05, 3.63) is 18.5 Å². The molecule has 0 spiro atoms. The van der Waals surface area contributed by atoms with Crippen molar-refractivity contribution < 1.29 is 9.90 Å². The Bertz CT molecular complexity index is 605. The molecule has 0 aliphatic rings. The highest BCUT2D eigenvalue weighted by atomic mass is 16.4. The lowest BCUT2D eigenvalue weighted by Crippen LogP contribution is -2.26. The highest BCUT2D eigenvalue weighted by molar-refractivity contribution is 5.70. The Morgan fingerprint density at radius 3 is 2.71 bits per heavy atom. The van der Waals surface area contributed by atoms with E-state index in [4.69, 9.17) is 0 Å². The lowest BCUT2D eigenvalue weighted by Gasteiger charge is -2.23. The van der Waals surface area contributed by atoms with Gasteiger partial charge in [-0.2, -0.15) is 10.2 Å². The third kappa shape index (κ3) is 4.04. The minimum atomic E-state index is -0.848. The van der Waals surface area contributed by atoms with Gasteiger partial charge >= 0.3 is 5.97 Å². The van der Waals surface area contributed by atoms with Gasteiger partial charge in [0.15, 0.2) is 5.82 Å². The zero-order valence-corrected chi connectivity index (χ0v) is 12.3. The van der Waals surface area contributed by atoms with Crippen LogP contribution in [-0.4, -0.2) is 41.5 Å². The first-order valence-corrected chi connectivity index (χ1v) is 6.63. The van der Waals surface area contributed by atoms with Crippen LogP contribution in [0.4, 0.5) is 0 Å². The lowest BCUT2D eigenvalue weighted by molar-refractivity contribution is -0.143. The Morgan fingerprint density at radius 1 is 1.38 bits per heavy atom. The molecule has 2 heterocycles. The topological polar surface area (TPSA) is 107 Å². The molecule has 0 saturated heterocycles. The Kier molecular flexibility index (Phi) is 4.25. The van der Waals surface area contributed by atoms with Crippen LogP contribution in [0.3, 0.4) is 0 Å². The molecule has 2 aromatic heterocycles. The second kappa shape index (κ2) is 5.94. The van der Waals surface area contributed by atoms with Gasteiger partial charge in [0.2, 0.25) is 0 Å². The maximum absolute atomic E-state index is 11.4. The van der Waals surface area contributed by atoms with E-state index in [1.807, 2.05) is 20.8 Å². The summed E-state index contributed by atoms with van der Waals surface area (Å²) >= 11 is 0. The molecule has 0 saturated carbocycles. The van der Waals surface area contributed by atoms with Crippen LogP contribution < -0.4 is 0 Å². The van der Waals surface area contributed by atoms with Crippen LogP contribution in [0.2, 0.25) is 0 Å². The first kappa shape index (κ1) is 15.0. The number of aliphatic carboxylic acids is 1. The van der Waals surface area contributed by atoms with E-state index >= 15 is 0 Å². The van der Waals surface area contributed by atoms with Crippen LogP contribution in [0.25, 0.3) is 11.4 Å². The van der Waals surface area contributed by atoms with Gasteiger partial charge < -0.3 is 5.11 Å². The largest absolute Gasteiger partial charge is 0.481 e. The second-order valence-corrected chi connectivity index (χ2v) is 6.12. The van der Waals surface area contributed by atoms with Crippen molar-refractivity contribution in [1.29, 1.82) is 0 Å². The van der Waals surface area contributed by atoms with Crippen molar-refractivity contribution in [2.75, 3.05) is 0 Å². The van der Waals surface area contributed by atoms with E-state index in [1.54, 1.807) is 12.3 Å². The molecule has 1 N–H and O–H groups in total. The number of hydrogen-bond donors (Lipinski definition) is 1. The molecule has 8 heteroatoms. The summed E-state index contributed by atoms with van der Waals surface area (Å²) in [5.41, 5.74) is 0.616.